The Kier molecular flexibility index (Phi) is 6.91. The van der Waals surface area contributed by atoms with Crippen LogP contribution in [0.4, 0.5) is 5.69 Å². The molecule has 0 aliphatic heterocycles. The molecule has 0 spiro atoms. The van der Waals surface area contributed by atoms with E-state index < -0.39 is 0 Å². The highest BCUT2D eigenvalue weighted by molar-refractivity contribution is 7.15. The van der Waals surface area contributed by atoms with Gasteiger partial charge in [-0.2, -0.15) is 0 Å². The van der Waals surface area contributed by atoms with Gasteiger partial charge in [-0.15, -0.1) is 11.3 Å². The Bertz CT molecular complexity index is 1010. The van der Waals surface area contributed by atoms with Crippen LogP contribution in [0.5, 0.6) is 5.75 Å². The van der Waals surface area contributed by atoms with E-state index in [-0.39, 0.29) is 0 Å². The molecule has 2 aromatic heterocycles. The van der Waals surface area contributed by atoms with Gasteiger partial charge >= 0.3 is 0 Å². The Labute approximate surface area is 190 Å². The number of aryl methyl sites for hydroxylation is 1. The second-order valence-corrected chi connectivity index (χ2v) is 9.98. The number of benzene rings is 1. The molecule has 1 aliphatic carbocycles. The zero-order valence-corrected chi connectivity index (χ0v) is 19.8. The van der Waals surface area contributed by atoms with E-state index in [1.54, 1.807) is 18.4 Å². The van der Waals surface area contributed by atoms with Crippen LogP contribution in [0.2, 0.25) is 0 Å². The highest BCUT2D eigenvalue weighted by Gasteiger charge is 2.23. The number of pyridine rings is 1. The summed E-state index contributed by atoms with van der Waals surface area (Å²) >= 11 is 1.80. The summed E-state index contributed by atoms with van der Waals surface area (Å²) in [5, 5.41) is 4.89. The smallest absolute Gasteiger partial charge is 0.140 e. The normalized spacial score (nSPS) is 18.9. The topological polar surface area (TPSA) is 47.0 Å². The molecule has 4 rings (SSSR count). The van der Waals surface area contributed by atoms with Gasteiger partial charge in [-0.1, -0.05) is 26.0 Å². The van der Waals surface area contributed by atoms with Crippen molar-refractivity contribution in [1.82, 2.24) is 9.97 Å². The molecule has 3 aromatic rings. The maximum Gasteiger partial charge on any atom is 0.140 e. The Morgan fingerprint density at radius 1 is 1.13 bits per heavy atom. The quantitative estimate of drug-likeness (QED) is 0.433. The van der Waals surface area contributed by atoms with Gasteiger partial charge in [-0.05, 0) is 68.4 Å². The van der Waals surface area contributed by atoms with E-state index in [1.165, 1.54) is 52.5 Å². The van der Waals surface area contributed by atoms with Gasteiger partial charge in [0.15, 0.2) is 0 Å². The zero-order valence-electron chi connectivity index (χ0n) is 19.0. The average molecular weight is 436 g/mol. The first-order valence-corrected chi connectivity index (χ1v) is 12.2. The molecule has 0 unspecified atom stereocenters. The van der Waals surface area contributed by atoms with E-state index in [2.05, 4.69) is 60.5 Å². The van der Waals surface area contributed by atoms with Crippen molar-refractivity contribution < 1.29 is 4.74 Å². The number of ether oxygens (including phenoxy) is 1. The van der Waals surface area contributed by atoms with Gasteiger partial charge in [0.2, 0.25) is 0 Å². The number of anilines is 1. The first kappa shape index (κ1) is 21.8. The lowest BCUT2D eigenvalue weighted by Gasteiger charge is -2.29. The fourth-order valence-corrected chi connectivity index (χ4v) is 5.32. The summed E-state index contributed by atoms with van der Waals surface area (Å²) in [6.45, 7) is 7.45. The summed E-state index contributed by atoms with van der Waals surface area (Å²) in [6.07, 6.45) is 6.93. The molecule has 4 nitrogen and oxygen atoms in total. The van der Waals surface area contributed by atoms with E-state index >= 15 is 0 Å². The van der Waals surface area contributed by atoms with Crippen molar-refractivity contribution >= 4 is 17.0 Å². The summed E-state index contributed by atoms with van der Waals surface area (Å²) in [6, 6.07) is 13.0. The molecule has 2 heterocycles. The molecule has 0 radical (unpaired) electrons. The molecule has 1 aromatic carbocycles. The number of hydrogen-bond donors (Lipinski definition) is 1. The highest BCUT2D eigenvalue weighted by atomic mass is 32.1. The number of aromatic nitrogens is 2. The molecular weight excluding hydrogens is 402 g/mol. The Balaban J connectivity index is 1.31. The van der Waals surface area contributed by atoms with Gasteiger partial charge in [0, 0.05) is 36.0 Å². The third-order valence-corrected chi connectivity index (χ3v) is 7.65. The third-order valence-electron chi connectivity index (χ3n) is 6.30. The van der Waals surface area contributed by atoms with E-state index in [1.807, 2.05) is 13.1 Å². The lowest BCUT2D eigenvalue weighted by molar-refractivity contribution is 0.334. The van der Waals surface area contributed by atoms with E-state index in [0.29, 0.717) is 11.8 Å². The van der Waals surface area contributed by atoms with E-state index in [0.717, 1.165) is 23.9 Å². The summed E-state index contributed by atoms with van der Waals surface area (Å²) in [5.41, 5.74) is 4.67. The maximum atomic E-state index is 5.35. The first-order chi connectivity index (χ1) is 15.0. The van der Waals surface area contributed by atoms with Gasteiger partial charge in [-0.25, -0.2) is 4.98 Å². The van der Waals surface area contributed by atoms with Crippen molar-refractivity contribution in [1.29, 1.82) is 0 Å². The van der Waals surface area contributed by atoms with Crippen LogP contribution in [0.3, 0.4) is 0 Å². The average Bonchev–Trinajstić information content (AvgIpc) is 3.29. The van der Waals surface area contributed by atoms with Gasteiger partial charge < -0.3 is 10.1 Å². The minimum Gasteiger partial charge on any atom is -0.495 e. The molecule has 0 atom stereocenters. The van der Waals surface area contributed by atoms with Crippen molar-refractivity contribution in [3.8, 4) is 16.2 Å². The second-order valence-electron chi connectivity index (χ2n) is 8.92. The number of nitrogens with one attached hydrogen (secondary N) is 1. The summed E-state index contributed by atoms with van der Waals surface area (Å²) < 4.78 is 5.35. The van der Waals surface area contributed by atoms with Gasteiger partial charge in [0.1, 0.15) is 5.75 Å². The lowest BCUT2D eigenvalue weighted by Crippen LogP contribution is -2.21. The van der Waals surface area contributed by atoms with E-state index in [9.17, 15) is 0 Å². The zero-order chi connectivity index (χ0) is 21.8. The molecule has 1 fully saturated rings. The van der Waals surface area contributed by atoms with Crippen LogP contribution in [-0.2, 0) is 0 Å². The third kappa shape index (κ3) is 5.27. The number of methoxy groups -OCH3 is 1. The molecule has 5 heteroatoms. The van der Waals surface area contributed by atoms with Gasteiger partial charge in [0.05, 0.1) is 22.7 Å². The summed E-state index contributed by atoms with van der Waals surface area (Å²) in [4.78, 5) is 10.6. The predicted molar refractivity (Wildman–Crippen MR) is 130 cm³/mol. The van der Waals surface area contributed by atoms with Crippen molar-refractivity contribution in [3.05, 3.63) is 59.0 Å². The minimum absolute atomic E-state index is 0.479. The van der Waals surface area contributed by atoms with Crippen LogP contribution in [0.1, 0.15) is 67.8 Å². The molecule has 1 N–H and O–H groups in total. The van der Waals surface area contributed by atoms with Crippen LogP contribution < -0.4 is 10.1 Å². The Hall–Kier alpha value is -2.40. The molecule has 0 amide bonds. The Morgan fingerprint density at radius 2 is 1.94 bits per heavy atom. The van der Waals surface area contributed by atoms with Crippen molar-refractivity contribution in [2.24, 2.45) is 5.92 Å². The molecule has 1 saturated carbocycles. The number of thiazole rings is 1. The predicted octanol–water partition coefficient (Wildman–Crippen LogP) is 7.03. The Morgan fingerprint density at radius 3 is 2.61 bits per heavy atom. The largest absolute Gasteiger partial charge is 0.495 e. The fraction of sp³-hybridized carbons (Fsp3) is 0.462. The standard InChI is InChI=1S/C26H33N3OS/c1-17(2)26-28-16-25(31-26)21-6-5-7-22(14-21)27-15-19-8-10-20(11-9-19)23-12-13-24(30-4)18(3)29-23/h5-7,12-14,16-17,19-20,27H,8-11,15H2,1-4H3/t19-,20-. The van der Waals surface area contributed by atoms with E-state index in [4.69, 9.17) is 9.72 Å². The van der Waals surface area contributed by atoms with Crippen molar-refractivity contribution in [3.63, 3.8) is 0 Å². The van der Waals surface area contributed by atoms with Crippen LogP contribution >= 0.6 is 11.3 Å². The van der Waals surface area contributed by atoms with Crippen LogP contribution in [-0.4, -0.2) is 23.6 Å². The number of nitrogens with zero attached hydrogens (tertiary/aromatic N) is 2. The maximum absolute atomic E-state index is 5.35. The van der Waals surface area contributed by atoms with Crippen LogP contribution in [0, 0.1) is 12.8 Å². The molecule has 164 valence electrons. The van der Waals surface area contributed by atoms with Crippen molar-refractivity contribution in [2.75, 3.05) is 19.0 Å². The summed E-state index contributed by atoms with van der Waals surface area (Å²) in [7, 11) is 1.71. The molecule has 0 saturated heterocycles. The fourth-order valence-electron chi connectivity index (χ4n) is 4.41. The lowest BCUT2D eigenvalue weighted by atomic mass is 9.80. The van der Waals surface area contributed by atoms with Gasteiger partial charge in [-0.3, -0.25) is 4.98 Å². The van der Waals surface area contributed by atoms with Crippen LogP contribution in [0.15, 0.2) is 42.6 Å². The second kappa shape index (κ2) is 9.82. The number of hydrogen-bond acceptors (Lipinski definition) is 5. The first-order valence-electron chi connectivity index (χ1n) is 11.3. The molecular formula is C26H33N3OS. The number of rotatable bonds is 7. The summed E-state index contributed by atoms with van der Waals surface area (Å²) in [5.74, 6) is 2.65. The van der Waals surface area contributed by atoms with Crippen LogP contribution in [0.25, 0.3) is 10.4 Å². The molecule has 31 heavy (non-hydrogen) atoms. The SMILES string of the molecule is COc1ccc([C@H]2CC[C@H](CNc3cccc(-c4cnc(C(C)C)s4)c3)CC2)nc1C. The molecule has 0 bridgehead atoms. The molecule has 1 aliphatic rings. The highest BCUT2D eigenvalue weighted by Crippen LogP contribution is 2.36. The monoisotopic (exact) mass is 435 g/mol. The minimum atomic E-state index is 0.479. The van der Waals surface area contributed by atoms with Gasteiger partial charge in [0.25, 0.3) is 0 Å². The van der Waals surface area contributed by atoms with Crippen molar-refractivity contribution in [2.45, 2.75) is 58.3 Å².